The van der Waals surface area contributed by atoms with E-state index in [1.807, 2.05) is 17.5 Å². The number of Topliss-reactive ketones (excluding diaryl/α,β-unsaturated/α-hetero) is 1. The Morgan fingerprint density at radius 3 is 2.93 bits per heavy atom. The van der Waals surface area contributed by atoms with E-state index in [-0.39, 0.29) is 5.78 Å². The molecule has 0 N–H and O–H groups in total. The van der Waals surface area contributed by atoms with Gasteiger partial charge in [0.05, 0.1) is 18.1 Å². The average molecular weight is 225 g/mol. The van der Waals surface area contributed by atoms with Gasteiger partial charge in [-0.15, -0.1) is 11.3 Å². The minimum absolute atomic E-state index is 0.261. The zero-order valence-electron chi connectivity index (χ0n) is 8.65. The van der Waals surface area contributed by atoms with Crippen molar-refractivity contribution in [3.63, 3.8) is 0 Å². The summed E-state index contributed by atoms with van der Waals surface area (Å²) in [6.07, 6.45) is 0.626. The summed E-state index contributed by atoms with van der Waals surface area (Å²) in [6.45, 7) is 4.37. The van der Waals surface area contributed by atoms with Crippen LogP contribution in [-0.2, 0) is 4.74 Å². The molecule has 4 heteroatoms. The van der Waals surface area contributed by atoms with Crippen molar-refractivity contribution in [3.8, 4) is 0 Å². The van der Waals surface area contributed by atoms with E-state index in [0.29, 0.717) is 6.42 Å². The summed E-state index contributed by atoms with van der Waals surface area (Å²) >= 11 is 1.52. The molecule has 2 rings (SSSR count). The largest absolute Gasteiger partial charge is 0.379 e. The first-order valence-electron chi connectivity index (χ1n) is 5.23. The van der Waals surface area contributed by atoms with Crippen molar-refractivity contribution in [2.24, 2.45) is 0 Å². The molecule has 1 aromatic rings. The number of carbonyl (C=O) groups excluding carboxylic acids is 1. The molecule has 15 heavy (non-hydrogen) atoms. The van der Waals surface area contributed by atoms with Crippen LogP contribution in [0.5, 0.6) is 0 Å². The summed E-state index contributed by atoms with van der Waals surface area (Å²) in [4.78, 5) is 14.9. The number of hydrogen-bond donors (Lipinski definition) is 0. The average Bonchev–Trinajstić information content (AvgIpc) is 2.81. The first-order valence-corrected chi connectivity index (χ1v) is 6.11. The van der Waals surface area contributed by atoms with Gasteiger partial charge in [-0.3, -0.25) is 9.69 Å². The Balaban J connectivity index is 1.75. The molecular weight excluding hydrogens is 210 g/mol. The summed E-state index contributed by atoms with van der Waals surface area (Å²) < 4.78 is 5.25. The third-order valence-corrected chi connectivity index (χ3v) is 3.47. The molecule has 1 aromatic heterocycles. The highest BCUT2D eigenvalue weighted by atomic mass is 32.1. The monoisotopic (exact) mass is 225 g/mol. The third kappa shape index (κ3) is 3.12. The fourth-order valence-electron chi connectivity index (χ4n) is 1.64. The molecule has 1 aliphatic heterocycles. The maximum absolute atomic E-state index is 11.7. The second-order valence-electron chi connectivity index (χ2n) is 3.60. The molecule has 2 heterocycles. The summed E-state index contributed by atoms with van der Waals surface area (Å²) in [5, 5.41) is 1.95. The Labute approximate surface area is 93.7 Å². The lowest BCUT2D eigenvalue weighted by atomic mass is 10.2. The maximum Gasteiger partial charge on any atom is 0.174 e. The quantitative estimate of drug-likeness (QED) is 0.730. The van der Waals surface area contributed by atoms with Crippen LogP contribution < -0.4 is 0 Å². The molecule has 1 aliphatic rings. The lowest BCUT2D eigenvalue weighted by molar-refractivity contribution is 0.0370. The van der Waals surface area contributed by atoms with E-state index in [1.54, 1.807) is 0 Å². The number of ether oxygens (including phenoxy) is 1. The van der Waals surface area contributed by atoms with Crippen molar-refractivity contribution in [2.75, 3.05) is 32.8 Å². The van der Waals surface area contributed by atoms with Gasteiger partial charge >= 0.3 is 0 Å². The summed E-state index contributed by atoms with van der Waals surface area (Å²) in [5.41, 5.74) is 0. The molecule has 0 aliphatic carbocycles. The smallest absolute Gasteiger partial charge is 0.174 e. The molecule has 0 aromatic carbocycles. The normalized spacial score (nSPS) is 17.9. The van der Waals surface area contributed by atoms with Crippen molar-refractivity contribution < 1.29 is 9.53 Å². The zero-order chi connectivity index (χ0) is 10.5. The fourth-order valence-corrected chi connectivity index (χ4v) is 2.34. The summed E-state index contributed by atoms with van der Waals surface area (Å²) in [6, 6.07) is 3.82. The van der Waals surface area contributed by atoms with Crippen LogP contribution in [-0.4, -0.2) is 43.5 Å². The molecule has 0 unspecified atom stereocenters. The lowest BCUT2D eigenvalue weighted by Crippen LogP contribution is -2.37. The standard InChI is InChI=1S/C11H15NO2S/c13-10(11-2-1-9-15-11)3-4-12-5-7-14-8-6-12/h1-2,9H,3-8H2. The molecule has 1 fully saturated rings. The van der Waals surface area contributed by atoms with Crippen LogP contribution in [0, 0.1) is 0 Å². The van der Waals surface area contributed by atoms with E-state index in [9.17, 15) is 4.79 Å². The summed E-state index contributed by atoms with van der Waals surface area (Å²) in [7, 11) is 0. The molecule has 0 atom stereocenters. The molecule has 1 saturated heterocycles. The number of nitrogens with zero attached hydrogens (tertiary/aromatic N) is 1. The van der Waals surface area contributed by atoms with Crippen LogP contribution in [0.1, 0.15) is 16.1 Å². The number of carbonyl (C=O) groups is 1. The van der Waals surface area contributed by atoms with Gasteiger partial charge in [0.2, 0.25) is 0 Å². The van der Waals surface area contributed by atoms with Crippen molar-refractivity contribution in [3.05, 3.63) is 22.4 Å². The van der Waals surface area contributed by atoms with E-state index in [1.165, 1.54) is 11.3 Å². The lowest BCUT2D eigenvalue weighted by Gasteiger charge is -2.26. The number of morpholine rings is 1. The van der Waals surface area contributed by atoms with Crippen LogP contribution in [0.4, 0.5) is 0 Å². The van der Waals surface area contributed by atoms with Crippen molar-refractivity contribution >= 4 is 17.1 Å². The summed E-state index contributed by atoms with van der Waals surface area (Å²) in [5.74, 6) is 0.261. The fraction of sp³-hybridized carbons (Fsp3) is 0.545. The number of hydrogen-bond acceptors (Lipinski definition) is 4. The van der Waals surface area contributed by atoms with Gasteiger partial charge in [-0.2, -0.15) is 0 Å². The van der Waals surface area contributed by atoms with E-state index >= 15 is 0 Å². The number of rotatable bonds is 4. The van der Waals surface area contributed by atoms with Crippen molar-refractivity contribution in [1.82, 2.24) is 4.90 Å². The minimum Gasteiger partial charge on any atom is -0.379 e. The van der Waals surface area contributed by atoms with Crippen LogP contribution >= 0.6 is 11.3 Å². The second-order valence-corrected chi connectivity index (χ2v) is 4.55. The van der Waals surface area contributed by atoms with Gasteiger partial charge in [-0.25, -0.2) is 0 Å². The van der Waals surface area contributed by atoms with Crippen molar-refractivity contribution in [1.29, 1.82) is 0 Å². The topological polar surface area (TPSA) is 29.5 Å². The Bertz CT molecular complexity index is 304. The van der Waals surface area contributed by atoms with Gasteiger partial charge in [0.25, 0.3) is 0 Å². The van der Waals surface area contributed by atoms with E-state index < -0.39 is 0 Å². The van der Waals surface area contributed by atoms with E-state index in [0.717, 1.165) is 37.7 Å². The number of thiophene rings is 1. The van der Waals surface area contributed by atoms with E-state index in [2.05, 4.69) is 4.90 Å². The highest BCUT2D eigenvalue weighted by molar-refractivity contribution is 7.12. The predicted molar refractivity (Wildman–Crippen MR) is 60.5 cm³/mol. The minimum atomic E-state index is 0.261. The van der Waals surface area contributed by atoms with Crippen LogP contribution in [0.25, 0.3) is 0 Å². The number of ketones is 1. The highest BCUT2D eigenvalue weighted by Crippen LogP contribution is 2.11. The molecule has 3 nitrogen and oxygen atoms in total. The first kappa shape index (κ1) is 10.8. The third-order valence-electron chi connectivity index (χ3n) is 2.55. The first-order chi connectivity index (χ1) is 7.36. The molecule has 0 bridgehead atoms. The second kappa shape index (κ2) is 5.39. The van der Waals surface area contributed by atoms with Gasteiger partial charge in [0, 0.05) is 26.1 Å². The molecule has 82 valence electrons. The SMILES string of the molecule is O=C(CCN1CCOCC1)c1cccs1. The Hall–Kier alpha value is -0.710. The Morgan fingerprint density at radius 1 is 1.47 bits per heavy atom. The van der Waals surface area contributed by atoms with Crippen LogP contribution in [0.15, 0.2) is 17.5 Å². The highest BCUT2D eigenvalue weighted by Gasteiger charge is 2.13. The molecule has 0 radical (unpaired) electrons. The molecular formula is C11H15NO2S. The van der Waals surface area contributed by atoms with Gasteiger partial charge in [-0.05, 0) is 11.4 Å². The van der Waals surface area contributed by atoms with Crippen LogP contribution in [0.3, 0.4) is 0 Å². The van der Waals surface area contributed by atoms with Crippen LogP contribution in [0.2, 0.25) is 0 Å². The van der Waals surface area contributed by atoms with Gasteiger partial charge in [0.1, 0.15) is 0 Å². The predicted octanol–water partition coefficient (Wildman–Crippen LogP) is 1.65. The van der Waals surface area contributed by atoms with E-state index in [4.69, 9.17) is 4.74 Å². The van der Waals surface area contributed by atoms with Gasteiger partial charge in [0.15, 0.2) is 5.78 Å². The molecule has 0 saturated carbocycles. The molecule has 0 amide bonds. The Kier molecular flexibility index (Phi) is 3.88. The van der Waals surface area contributed by atoms with Gasteiger partial charge in [-0.1, -0.05) is 6.07 Å². The zero-order valence-corrected chi connectivity index (χ0v) is 9.46. The van der Waals surface area contributed by atoms with Gasteiger partial charge < -0.3 is 4.74 Å². The Morgan fingerprint density at radius 2 is 2.27 bits per heavy atom. The van der Waals surface area contributed by atoms with Crippen molar-refractivity contribution in [2.45, 2.75) is 6.42 Å². The maximum atomic E-state index is 11.7. The molecule has 0 spiro atoms.